The molecule has 2 atom stereocenters. The van der Waals surface area contributed by atoms with Crippen molar-refractivity contribution >= 4 is 17.5 Å². The first-order valence-corrected chi connectivity index (χ1v) is 12.0. The van der Waals surface area contributed by atoms with Crippen molar-refractivity contribution in [3.05, 3.63) is 69.7 Å². The summed E-state index contributed by atoms with van der Waals surface area (Å²) < 4.78 is 84.5. The second-order valence-corrected chi connectivity index (χ2v) is 10.3. The van der Waals surface area contributed by atoms with Gasteiger partial charge in [0.2, 0.25) is 29.1 Å². The van der Waals surface area contributed by atoms with Gasteiger partial charge in [0.25, 0.3) is 0 Å². The molecule has 2 aromatic carbocycles. The van der Waals surface area contributed by atoms with Gasteiger partial charge in [0.05, 0.1) is 14.2 Å². The number of Topliss-reactive ketones (excluding diaryl/α,β-unsaturated/α-hetero) is 1. The molecule has 39 heavy (non-hydrogen) atoms. The number of esters is 1. The Morgan fingerprint density at radius 2 is 1.62 bits per heavy atom. The number of ether oxygens (including phenoxy) is 3. The minimum atomic E-state index is -2.30. The molecule has 0 saturated carbocycles. The number of nitrogens with zero attached hydrogens (tertiary/aromatic N) is 1. The highest BCUT2D eigenvalue weighted by Crippen LogP contribution is 2.48. The summed E-state index contributed by atoms with van der Waals surface area (Å²) >= 11 is 0. The molecule has 0 saturated heterocycles. The van der Waals surface area contributed by atoms with E-state index in [2.05, 4.69) is 4.99 Å². The lowest BCUT2D eigenvalue weighted by Crippen LogP contribution is -2.39. The van der Waals surface area contributed by atoms with Crippen LogP contribution in [0.1, 0.15) is 50.7 Å². The number of benzene rings is 2. The summed E-state index contributed by atoms with van der Waals surface area (Å²) in [6.07, 6.45) is 0.735. The summed E-state index contributed by atoms with van der Waals surface area (Å²) in [4.78, 5) is 30.8. The molecule has 2 aliphatic rings. The van der Waals surface area contributed by atoms with Crippen molar-refractivity contribution in [2.45, 2.75) is 46.1 Å². The lowest BCUT2D eigenvalue weighted by Gasteiger charge is -2.39. The summed E-state index contributed by atoms with van der Waals surface area (Å²) in [5.41, 5.74) is 1.67. The number of hydrogen-bond acceptors (Lipinski definition) is 6. The smallest absolute Gasteiger partial charge is 0.315 e. The van der Waals surface area contributed by atoms with E-state index in [0.29, 0.717) is 29.0 Å². The molecule has 0 fully saturated rings. The second kappa shape index (κ2) is 10.4. The summed E-state index contributed by atoms with van der Waals surface area (Å²) in [7, 11) is 2.54. The van der Waals surface area contributed by atoms with Crippen molar-refractivity contribution in [1.29, 1.82) is 0 Å². The Labute approximate surface area is 221 Å². The molecule has 0 radical (unpaired) electrons. The van der Waals surface area contributed by atoms with Crippen molar-refractivity contribution in [2.24, 2.45) is 16.3 Å². The highest BCUT2D eigenvalue weighted by Gasteiger charge is 2.46. The van der Waals surface area contributed by atoms with E-state index in [1.807, 2.05) is 13.8 Å². The van der Waals surface area contributed by atoms with E-state index in [1.165, 1.54) is 26.4 Å². The molecule has 11 heteroatoms. The van der Waals surface area contributed by atoms with Gasteiger partial charge in [-0.3, -0.25) is 14.6 Å². The summed E-state index contributed by atoms with van der Waals surface area (Å²) in [5.74, 6) is -14.6. The van der Waals surface area contributed by atoms with Crippen LogP contribution in [-0.4, -0.2) is 31.7 Å². The summed E-state index contributed by atoms with van der Waals surface area (Å²) in [6, 6.07) is 4.62. The molecular weight excluding hydrogens is 525 g/mol. The Kier molecular flexibility index (Phi) is 7.55. The van der Waals surface area contributed by atoms with Gasteiger partial charge >= 0.3 is 5.97 Å². The third-order valence-electron chi connectivity index (χ3n) is 6.96. The highest BCUT2D eigenvalue weighted by molar-refractivity contribution is 6.09. The number of hydrogen-bond donors (Lipinski definition) is 0. The van der Waals surface area contributed by atoms with Gasteiger partial charge in [-0.2, -0.15) is 8.78 Å². The van der Waals surface area contributed by atoms with Gasteiger partial charge in [0, 0.05) is 34.9 Å². The van der Waals surface area contributed by atoms with E-state index in [4.69, 9.17) is 14.2 Å². The number of allylic oxidation sites excluding steroid dienone is 2. The topological polar surface area (TPSA) is 74.2 Å². The van der Waals surface area contributed by atoms with Crippen LogP contribution in [0.2, 0.25) is 0 Å². The number of carbonyl (C=O) groups excluding carboxylic acids is 2. The first-order chi connectivity index (χ1) is 18.3. The Balaban J connectivity index is 1.80. The van der Waals surface area contributed by atoms with Crippen molar-refractivity contribution < 1.29 is 45.8 Å². The van der Waals surface area contributed by atoms with E-state index in [9.17, 15) is 31.5 Å². The maximum Gasteiger partial charge on any atom is 0.315 e. The number of ketones is 1. The fourth-order valence-electron chi connectivity index (χ4n) is 5.20. The molecular formula is C28H26F5NO5. The number of methoxy groups -OCH3 is 2. The summed E-state index contributed by atoms with van der Waals surface area (Å²) in [6.45, 7) is 4.92. The van der Waals surface area contributed by atoms with E-state index in [-0.39, 0.29) is 28.9 Å². The van der Waals surface area contributed by atoms with Crippen molar-refractivity contribution in [1.82, 2.24) is 0 Å². The molecule has 1 aliphatic carbocycles. The van der Waals surface area contributed by atoms with Gasteiger partial charge in [-0.05, 0) is 36.5 Å². The molecule has 1 heterocycles. The molecule has 208 valence electrons. The largest absolute Gasteiger partial charge is 0.496 e. The fraction of sp³-hybridized carbons (Fsp3) is 0.393. The maximum atomic E-state index is 14.2. The van der Waals surface area contributed by atoms with Crippen LogP contribution >= 0.6 is 0 Å². The van der Waals surface area contributed by atoms with Crippen LogP contribution < -0.4 is 9.47 Å². The third kappa shape index (κ3) is 5.02. The van der Waals surface area contributed by atoms with Crippen molar-refractivity contribution in [3.63, 3.8) is 0 Å². The van der Waals surface area contributed by atoms with Crippen molar-refractivity contribution in [3.8, 4) is 11.5 Å². The number of halogens is 5. The van der Waals surface area contributed by atoms with Crippen molar-refractivity contribution in [2.75, 3.05) is 14.2 Å². The van der Waals surface area contributed by atoms with Crippen LogP contribution in [0.25, 0.3) is 0 Å². The zero-order valence-corrected chi connectivity index (χ0v) is 21.9. The highest BCUT2D eigenvalue weighted by atomic mass is 19.2. The van der Waals surface area contributed by atoms with Gasteiger partial charge in [-0.1, -0.05) is 19.9 Å². The Bertz CT molecular complexity index is 1400. The lowest BCUT2D eigenvalue weighted by molar-refractivity contribution is -0.143. The molecule has 1 unspecified atom stereocenters. The van der Waals surface area contributed by atoms with E-state index in [0.717, 1.165) is 0 Å². The first-order valence-electron chi connectivity index (χ1n) is 12.0. The fourth-order valence-corrected chi connectivity index (χ4v) is 5.20. The Hall–Kier alpha value is -3.76. The molecule has 2 aromatic rings. The number of carbonyl (C=O) groups is 2. The van der Waals surface area contributed by atoms with Gasteiger partial charge in [0.1, 0.15) is 18.3 Å². The standard InChI is InChI=1S/C28H26F5NO5/c1-12-18(27(36)38-5)19(20-15(34-12)9-28(2,3)10-16(20)35)13-6-7-17(37-4)14(8-13)11-39-26-24(32)22(30)21(29)23(31)25(26)33/h6-8,18-19H,9-11H2,1-5H3/t18?,19-/m0/s1. The van der Waals surface area contributed by atoms with Gasteiger partial charge in [-0.15, -0.1) is 0 Å². The molecule has 1 aliphatic heterocycles. The van der Waals surface area contributed by atoms with Crippen LogP contribution in [0.5, 0.6) is 11.5 Å². The lowest BCUT2D eigenvalue weighted by atomic mass is 9.66. The van der Waals surface area contributed by atoms with Crippen LogP contribution in [-0.2, 0) is 20.9 Å². The predicted octanol–water partition coefficient (Wildman–Crippen LogP) is 5.96. The molecule has 0 spiro atoms. The average Bonchev–Trinajstić information content (AvgIpc) is 2.88. The molecule has 0 amide bonds. The monoisotopic (exact) mass is 551 g/mol. The zero-order valence-electron chi connectivity index (χ0n) is 21.9. The quantitative estimate of drug-likeness (QED) is 0.192. The third-order valence-corrected chi connectivity index (χ3v) is 6.96. The SMILES string of the molecule is COC(=O)C1C(C)=NC2=C(C(=O)CC(C)(C)C2)[C@H]1c1ccc(OC)c(COc2c(F)c(F)c(F)c(F)c2F)c1. The van der Waals surface area contributed by atoms with Crippen LogP contribution in [0.4, 0.5) is 22.0 Å². The zero-order chi connectivity index (χ0) is 28.8. The molecule has 4 rings (SSSR count). The normalized spacial score (nSPS) is 20.4. The molecule has 6 nitrogen and oxygen atoms in total. The van der Waals surface area contributed by atoms with E-state index < -0.39 is 59.2 Å². The minimum Gasteiger partial charge on any atom is -0.496 e. The Morgan fingerprint density at radius 3 is 2.21 bits per heavy atom. The summed E-state index contributed by atoms with van der Waals surface area (Å²) in [5, 5.41) is 0. The molecule has 0 bridgehead atoms. The van der Waals surface area contributed by atoms with Gasteiger partial charge in [0.15, 0.2) is 11.5 Å². The Morgan fingerprint density at radius 1 is 1.00 bits per heavy atom. The average molecular weight is 552 g/mol. The van der Waals surface area contributed by atoms with E-state index in [1.54, 1.807) is 13.0 Å². The first kappa shape index (κ1) is 28.3. The molecule has 0 aromatic heterocycles. The van der Waals surface area contributed by atoms with Crippen LogP contribution in [0.15, 0.2) is 34.5 Å². The second-order valence-electron chi connectivity index (χ2n) is 10.3. The van der Waals surface area contributed by atoms with Crippen LogP contribution in [0.3, 0.4) is 0 Å². The van der Waals surface area contributed by atoms with E-state index >= 15 is 0 Å². The van der Waals surface area contributed by atoms with Gasteiger partial charge in [-0.25, -0.2) is 13.2 Å². The predicted molar refractivity (Wildman–Crippen MR) is 130 cm³/mol. The number of aliphatic imine (C=N–C) groups is 1. The van der Waals surface area contributed by atoms with Gasteiger partial charge < -0.3 is 14.2 Å². The maximum absolute atomic E-state index is 14.2. The number of rotatable bonds is 6. The molecule has 0 N–H and O–H groups in total. The minimum absolute atomic E-state index is 0.175. The van der Waals surface area contributed by atoms with Crippen LogP contribution in [0, 0.1) is 40.4 Å².